The van der Waals surface area contributed by atoms with Gasteiger partial charge in [-0.1, -0.05) is 12.1 Å². The van der Waals surface area contributed by atoms with Crippen LogP contribution in [-0.2, 0) is 4.79 Å². The van der Waals surface area contributed by atoms with Gasteiger partial charge in [-0.2, -0.15) is 0 Å². The molecule has 7 heteroatoms. The molecule has 3 aromatic rings. The van der Waals surface area contributed by atoms with Crippen LogP contribution in [-0.4, -0.2) is 15.5 Å². The SMILES string of the molecule is Cc1cc([C@H](C)NC(=O)[C@H](C)n2c(=S)[nH]c3ccccc3c2=O)c(C)s1. The molecule has 0 radical (unpaired) electrons. The summed E-state index contributed by atoms with van der Waals surface area (Å²) >= 11 is 7.03. The minimum atomic E-state index is -0.710. The van der Waals surface area contributed by atoms with Crippen molar-refractivity contribution >= 4 is 40.4 Å². The van der Waals surface area contributed by atoms with Crippen molar-refractivity contribution in [1.82, 2.24) is 14.9 Å². The Hall–Kier alpha value is -2.25. The maximum atomic E-state index is 12.8. The predicted molar refractivity (Wildman–Crippen MR) is 108 cm³/mol. The zero-order valence-corrected chi connectivity index (χ0v) is 16.8. The quantitative estimate of drug-likeness (QED) is 0.660. The third kappa shape index (κ3) is 3.37. The molecule has 2 heterocycles. The maximum Gasteiger partial charge on any atom is 0.262 e. The van der Waals surface area contributed by atoms with E-state index in [1.54, 1.807) is 36.5 Å². The molecule has 2 N–H and O–H groups in total. The molecular formula is C19H21N3O2S2. The van der Waals surface area contributed by atoms with E-state index in [2.05, 4.69) is 16.4 Å². The van der Waals surface area contributed by atoms with Gasteiger partial charge in [0.15, 0.2) is 4.77 Å². The summed E-state index contributed by atoms with van der Waals surface area (Å²) in [6.45, 7) is 7.73. The molecule has 1 aromatic carbocycles. The Labute approximate surface area is 160 Å². The number of thiophene rings is 1. The molecule has 0 aliphatic heterocycles. The Morgan fingerprint density at radius 3 is 2.62 bits per heavy atom. The average molecular weight is 388 g/mol. The normalized spacial score (nSPS) is 13.5. The fourth-order valence-electron chi connectivity index (χ4n) is 3.14. The highest BCUT2D eigenvalue weighted by atomic mass is 32.1. The van der Waals surface area contributed by atoms with Gasteiger partial charge in [-0.25, -0.2) is 0 Å². The second kappa shape index (κ2) is 7.17. The number of benzene rings is 1. The summed E-state index contributed by atoms with van der Waals surface area (Å²) in [5.74, 6) is -0.238. The molecule has 2 atom stereocenters. The van der Waals surface area contributed by atoms with Crippen LogP contribution in [0.2, 0.25) is 0 Å². The van der Waals surface area contributed by atoms with E-state index < -0.39 is 6.04 Å². The summed E-state index contributed by atoms with van der Waals surface area (Å²) < 4.78 is 1.58. The molecule has 3 rings (SSSR count). The molecule has 26 heavy (non-hydrogen) atoms. The lowest BCUT2D eigenvalue weighted by molar-refractivity contribution is -0.124. The number of carbonyl (C=O) groups is 1. The standard InChI is InChI=1S/C19H21N3O2S2/c1-10-9-15(13(4)26-10)11(2)20-17(23)12(3)22-18(24)14-7-5-6-8-16(14)21-19(22)25/h5-9,11-12H,1-4H3,(H,20,23)(H,21,25)/t11-,12-/m0/s1. The Balaban J connectivity index is 1.92. The number of hydrogen-bond donors (Lipinski definition) is 2. The zero-order valence-electron chi connectivity index (χ0n) is 15.1. The van der Waals surface area contributed by atoms with E-state index in [0.717, 1.165) is 5.56 Å². The lowest BCUT2D eigenvalue weighted by atomic mass is 10.1. The Morgan fingerprint density at radius 2 is 1.96 bits per heavy atom. The maximum absolute atomic E-state index is 12.8. The first-order chi connectivity index (χ1) is 12.3. The van der Waals surface area contributed by atoms with E-state index in [9.17, 15) is 9.59 Å². The van der Waals surface area contributed by atoms with Crippen LogP contribution in [0.25, 0.3) is 10.9 Å². The third-order valence-corrected chi connectivity index (χ3v) is 5.79. The van der Waals surface area contributed by atoms with Crippen LogP contribution in [0.15, 0.2) is 35.1 Å². The van der Waals surface area contributed by atoms with Crippen LogP contribution in [0, 0.1) is 18.6 Å². The number of carbonyl (C=O) groups excluding carboxylic acids is 1. The van der Waals surface area contributed by atoms with Gasteiger partial charge < -0.3 is 10.3 Å². The number of aryl methyl sites for hydroxylation is 2. The lowest BCUT2D eigenvalue weighted by Crippen LogP contribution is -2.37. The van der Waals surface area contributed by atoms with Gasteiger partial charge in [-0.3, -0.25) is 14.2 Å². The number of hydrogen-bond acceptors (Lipinski definition) is 4. The highest BCUT2D eigenvalue weighted by molar-refractivity contribution is 7.71. The average Bonchev–Trinajstić information content (AvgIpc) is 2.93. The Morgan fingerprint density at radius 1 is 1.27 bits per heavy atom. The molecule has 5 nitrogen and oxygen atoms in total. The van der Waals surface area contributed by atoms with E-state index >= 15 is 0 Å². The van der Waals surface area contributed by atoms with Gasteiger partial charge in [0, 0.05) is 9.75 Å². The topological polar surface area (TPSA) is 66.9 Å². The molecule has 0 unspecified atom stereocenters. The second-order valence-corrected chi connectivity index (χ2v) is 8.27. The summed E-state index contributed by atoms with van der Waals surface area (Å²) in [6, 6.07) is 8.39. The van der Waals surface area contributed by atoms with Crippen molar-refractivity contribution in [2.24, 2.45) is 0 Å². The van der Waals surface area contributed by atoms with Crippen molar-refractivity contribution < 1.29 is 4.79 Å². The van der Waals surface area contributed by atoms with Crippen molar-refractivity contribution in [3.63, 3.8) is 0 Å². The van der Waals surface area contributed by atoms with Crippen LogP contribution in [0.5, 0.6) is 0 Å². The van der Waals surface area contributed by atoms with Crippen LogP contribution in [0.3, 0.4) is 0 Å². The zero-order chi connectivity index (χ0) is 19.0. The number of aromatic amines is 1. The van der Waals surface area contributed by atoms with Crippen molar-refractivity contribution in [1.29, 1.82) is 0 Å². The number of para-hydroxylation sites is 1. The molecule has 1 amide bonds. The van der Waals surface area contributed by atoms with Gasteiger partial charge in [0.1, 0.15) is 6.04 Å². The molecule has 0 fully saturated rings. The first-order valence-electron chi connectivity index (χ1n) is 8.40. The monoisotopic (exact) mass is 387 g/mol. The Bertz CT molecular complexity index is 1090. The van der Waals surface area contributed by atoms with Gasteiger partial charge in [0.2, 0.25) is 5.91 Å². The lowest BCUT2D eigenvalue weighted by Gasteiger charge is -2.20. The number of nitrogens with one attached hydrogen (secondary N) is 2. The van der Waals surface area contributed by atoms with E-state index in [4.69, 9.17) is 12.2 Å². The van der Waals surface area contributed by atoms with Crippen LogP contribution in [0.1, 0.15) is 41.2 Å². The summed E-state index contributed by atoms with van der Waals surface area (Å²) in [6.07, 6.45) is 0. The molecule has 0 bridgehead atoms. The minimum Gasteiger partial charge on any atom is -0.348 e. The van der Waals surface area contributed by atoms with Gasteiger partial charge in [0.05, 0.1) is 16.9 Å². The number of amides is 1. The molecule has 2 aromatic heterocycles. The van der Waals surface area contributed by atoms with Gasteiger partial charge in [0.25, 0.3) is 5.56 Å². The molecule has 136 valence electrons. The number of fused-ring (bicyclic) bond motifs is 1. The third-order valence-electron chi connectivity index (χ3n) is 4.51. The fraction of sp³-hybridized carbons (Fsp3) is 0.316. The molecule has 0 aliphatic carbocycles. The van der Waals surface area contributed by atoms with Crippen molar-refractivity contribution in [2.45, 2.75) is 39.8 Å². The fourth-order valence-corrected chi connectivity index (χ4v) is 4.51. The summed E-state index contributed by atoms with van der Waals surface area (Å²) in [4.78, 5) is 31.0. The molecule has 0 saturated heterocycles. The second-order valence-electron chi connectivity index (χ2n) is 6.43. The largest absolute Gasteiger partial charge is 0.348 e. The number of H-pyrrole nitrogens is 1. The van der Waals surface area contributed by atoms with Gasteiger partial charge in [-0.05, 0) is 63.7 Å². The first kappa shape index (κ1) is 18.5. The van der Waals surface area contributed by atoms with Gasteiger partial charge >= 0.3 is 0 Å². The minimum absolute atomic E-state index is 0.136. The van der Waals surface area contributed by atoms with Crippen LogP contribution in [0.4, 0.5) is 0 Å². The van der Waals surface area contributed by atoms with Crippen LogP contribution < -0.4 is 10.9 Å². The summed E-state index contributed by atoms with van der Waals surface area (Å²) in [5, 5.41) is 3.51. The Kier molecular flexibility index (Phi) is 5.11. The smallest absolute Gasteiger partial charge is 0.262 e. The highest BCUT2D eigenvalue weighted by Crippen LogP contribution is 2.26. The predicted octanol–water partition coefficient (Wildman–Crippen LogP) is 4.18. The van der Waals surface area contributed by atoms with E-state index in [1.165, 1.54) is 14.3 Å². The molecule has 0 saturated carbocycles. The summed E-state index contributed by atoms with van der Waals surface area (Å²) in [5.41, 5.74) is 1.51. The van der Waals surface area contributed by atoms with Crippen molar-refractivity contribution in [3.8, 4) is 0 Å². The van der Waals surface area contributed by atoms with Crippen molar-refractivity contribution in [3.05, 3.63) is 60.8 Å². The van der Waals surface area contributed by atoms with Crippen molar-refractivity contribution in [2.75, 3.05) is 0 Å². The molecule has 0 spiro atoms. The first-order valence-corrected chi connectivity index (χ1v) is 9.63. The highest BCUT2D eigenvalue weighted by Gasteiger charge is 2.22. The number of aromatic nitrogens is 2. The van der Waals surface area contributed by atoms with Gasteiger partial charge in [-0.15, -0.1) is 11.3 Å². The van der Waals surface area contributed by atoms with Crippen LogP contribution >= 0.6 is 23.6 Å². The summed E-state index contributed by atoms with van der Waals surface area (Å²) in [7, 11) is 0. The number of nitrogens with zero attached hydrogens (tertiary/aromatic N) is 1. The van der Waals surface area contributed by atoms with E-state index in [0.29, 0.717) is 10.9 Å². The number of rotatable bonds is 4. The molecule has 0 aliphatic rings. The molecular weight excluding hydrogens is 366 g/mol. The van der Waals surface area contributed by atoms with E-state index in [-0.39, 0.29) is 22.3 Å². The van der Waals surface area contributed by atoms with E-state index in [1.807, 2.05) is 26.8 Å².